The minimum atomic E-state index is -3.67. The molecule has 0 aliphatic heterocycles. The number of rotatable bonds is 6. The van der Waals surface area contributed by atoms with Gasteiger partial charge in [0.05, 0.1) is 12.6 Å². The second kappa shape index (κ2) is 6.08. The van der Waals surface area contributed by atoms with Gasteiger partial charge in [-0.2, -0.15) is 0 Å². The molecule has 0 aromatic carbocycles. The molecule has 1 aromatic heterocycles. The Morgan fingerprint density at radius 2 is 2.29 bits per heavy atom. The van der Waals surface area contributed by atoms with Gasteiger partial charge >= 0.3 is 5.97 Å². The van der Waals surface area contributed by atoms with E-state index in [1.165, 1.54) is 12.6 Å². The third-order valence-electron chi connectivity index (χ3n) is 1.98. The Morgan fingerprint density at radius 1 is 1.59 bits per heavy atom. The number of nitrogens with zero attached hydrogens (tertiary/aromatic N) is 1. The molecular formula is C9H14N2O4S2. The molecule has 8 heteroatoms. The second-order valence-corrected chi connectivity index (χ2v) is 6.05. The van der Waals surface area contributed by atoms with Crippen LogP contribution in [-0.2, 0) is 14.8 Å². The Kier molecular flexibility index (Phi) is 5.03. The first-order valence-corrected chi connectivity index (χ1v) is 7.40. The molecule has 1 heterocycles. The third kappa shape index (κ3) is 3.48. The Labute approximate surface area is 104 Å². The van der Waals surface area contributed by atoms with Gasteiger partial charge in [-0.25, -0.2) is 22.9 Å². The first kappa shape index (κ1) is 14.1. The maximum atomic E-state index is 11.9. The normalized spacial score (nSPS) is 11.4. The standard InChI is InChI=1S/C9H14N2O4S2/c1-3-4-5-11-17(13,14)9-7(8(12)15-2)10-6-16-9/h6,11H,3-5H2,1-2H3. The van der Waals surface area contributed by atoms with Gasteiger partial charge in [0.15, 0.2) is 9.90 Å². The van der Waals surface area contributed by atoms with Crippen molar-refractivity contribution in [2.45, 2.75) is 24.0 Å². The van der Waals surface area contributed by atoms with Crippen LogP contribution in [0.5, 0.6) is 0 Å². The highest BCUT2D eigenvalue weighted by atomic mass is 32.2. The summed E-state index contributed by atoms with van der Waals surface area (Å²) in [7, 11) is -2.49. The van der Waals surface area contributed by atoms with Crippen LogP contribution in [0.15, 0.2) is 9.72 Å². The van der Waals surface area contributed by atoms with Gasteiger partial charge in [0.1, 0.15) is 0 Å². The number of hydrogen-bond donors (Lipinski definition) is 1. The Bertz CT molecular complexity index is 481. The fourth-order valence-corrected chi connectivity index (χ4v) is 3.36. The van der Waals surface area contributed by atoms with Crippen LogP contribution in [0.4, 0.5) is 0 Å². The van der Waals surface area contributed by atoms with Gasteiger partial charge in [0.25, 0.3) is 10.0 Å². The zero-order valence-electron chi connectivity index (χ0n) is 9.60. The Morgan fingerprint density at radius 3 is 2.88 bits per heavy atom. The molecule has 0 saturated heterocycles. The number of aromatic nitrogens is 1. The van der Waals surface area contributed by atoms with E-state index in [2.05, 4.69) is 14.4 Å². The minimum Gasteiger partial charge on any atom is -0.464 e. The largest absolute Gasteiger partial charge is 0.464 e. The molecule has 0 saturated carbocycles. The first-order valence-electron chi connectivity index (χ1n) is 5.04. The molecule has 0 amide bonds. The predicted octanol–water partition coefficient (Wildman–Crippen LogP) is 1.01. The van der Waals surface area contributed by atoms with Crippen molar-refractivity contribution in [3.63, 3.8) is 0 Å². The van der Waals surface area contributed by atoms with Gasteiger partial charge in [0.2, 0.25) is 0 Å². The number of methoxy groups -OCH3 is 1. The maximum Gasteiger partial charge on any atom is 0.358 e. The van der Waals surface area contributed by atoms with Crippen LogP contribution in [-0.4, -0.2) is 33.0 Å². The number of thiazole rings is 1. The number of carbonyl (C=O) groups is 1. The summed E-state index contributed by atoms with van der Waals surface area (Å²) in [5, 5.41) is 0. The average Bonchev–Trinajstić information content (AvgIpc) is 2.78. The van der Waals surface area contributed by atoms with Gasteiger partial charge in [-0.1, -0.05) is 13.3 Å². The summed E-state index contributed by atoms with van der Waals surface area (Å²) >= 11 is 0.896. The molecule has 0 spiro atoms. The Balaban J connectivity index is 2.92. The van der Waals surface area contributed by atoms with E-state index in [0.717, 1.165) is 24.2 Å². The molecule has 0 unspecified atom stereocenters. The molecule has 0 aliphatic carbocycles. The molecule has 0 bridgehead atoms. The third-order valence-corrected chi connectivity index (χ3v) is 4.81. The fourth-order valence-electron chi connectivity index (χ4n) is 1.11. The van der Waals surface area contributed by atoms with Crippen molar-refractivity contribution in [3.8, 4) is 0 Å². The number of carbonyl (C=O) groups excluding carboxylic acids is 1. The summed E-state index contributed by atoms with van der Waals surface area (Å²) in [6, 6.07) is 0. The van der Waals surface area contributed by atoms with Crippen molar-refractivity contribution in [1.82, 2.24) is 9.71 Å². The molecule has 6 nitrogen and oxygen atoms in total. The fraction of sp³-hybridized carbons (Fsp3) is 0.556. The van der Waals surface area contributed by atoms with Crippen LogP contribution in [0, 0.1) is 0 Å². The number of sulfonamides is 1. The molecule has 0 atom stereocenters. The number of unbranched alkanes of at least 4 members (excludes halogenated alkanes) is 1. The van der Waals surface area contributed by atoms with E-state index in [1.54, 1.807) is 0 Å². The Hall–Kier alpha value is -0.990. The average molecular weight is 278 g/mol. The molecule has 96 valence electrons. The highest BCUT2D eigenvalue weighted by molar-refractivity contribution is 7.91. The molecule has 1 aromatic rings. The predicted molar refractivity (Wildman–Crippen MR) is 63.6 cm³/mol. The maximum absolute atomic E-state index is 11.9. The summed E-state index contributed by atoms with van der Waals surface area (Å²) in [6.07, 6.45) is 1.63. The van der Waals surface area contributed by atoms with Crippen LogP contribution in [0.1, 0.15) is 30.3 Å². The monoisotopic (exact) mass is 278 g/mol. The van der Waals surface area contributed by atoms with Gasteiger partial charge in [0, 0.05) is 6.54 Å². The topological polar surface area (TPSA) is 85.4 Å². The first-order chi connectivity index (χ1) is 8.03. The van der Waals surface area contributed by atoms with E-state index >= 15 is 0 Å². The van der Waals surface area contributed by atoms with Gasteiger partial charge in [-0.3, -0.25) is 0 Å². The molecular weight excluding hydrogens is 264 g/mol. The molecule has 0 fully saturated rings. The summed E-state index contributed by atoms with van der Waals surface area (Å²) in [4.78, 5) is 15.0. The number of esters is 1. The van der Waals surface area contributed by atoms with E-state index in [-0.39, 0.29) is 9.90 Å². The summed E-state index contributed by atoms with van der Waals surface area (Å²) in [5.74, 6) is -0.748. The highest BCUT2D eigenvalue weighted by Gasteiger charge is 2.25. The zero-order valence-corrected chi connectivity index (χ0v) is 11.2. The van der Waals surface area contributed by atoms with Crippen molar-refractivity contribution in [1.29, 1.82) is 0 Å². The SMILES string of the molecule is CCCCNS(=O)(=O)c1scnc1C(=O)OC. The van der Waals surface area contributed by atoms with E-state index in [4.69, 9.17) is 0 Å². The summed E-state index contributed by atoms with van der Waals surface area (Å²) in [5.41, 5.74) is 1.14. The zero-order chi connectivity index (χ0) is 12.9. The van der Waals surface area contributed by atoms with Crippen LogP contribution in [0.2, 0.25) is 0 Å². The lowest BCUT2D eigenvalue weighted by atomic mass is 10.3. The van der Waals surface area contributed by atoms with Gasteiger partial charge in [-0.15, -0.1) is 11.3 Å². The van der Waals surface area contributed by atoms with Crippen molar-refractivity contribution in [2.75, 3.05) is 13.7 Å². The van der Waals surface area contributed by atoms with Crippen molar-refractivity contribution < 1.29 is 17.9 Å². The molecule has 1 rings (SSSR count). The number of nitrogens with one attached hydrogen (secondary N) is 1. The number of hydrogen-bond acceptors (Lipinski definition) is 6. The van der Waals surface area contributed by atoms with Crippen molar-refractivity contribution in [3.05, 3.63) is 11.2 Å². The van der Waals surface area contributed by atoms with Crippen LogP contribution in [0.25, 0.3) is 0 Å². The second-order valence-electron chi connectivity index (χ2n) is 3.23. The lowest BCUT2D eigenvalue weighted by Gasteiger charge is -2.04. The summed E-state index contributed by atoms with van der Waals surface area (Å²) in [6.45, 7) is 2.30. The van der Waals surface area contributed by atoms with Gasteiger partial charge < -0.3 is 4.74 Å². The van der Waals surface area contributed by atoms with Crippen LogP contribution < -0.4 is 4.72 Å². The van der Waals surface area contributed by atoms with Gasteiger partial charge in [-0.05, 0) is 6.42 Å². The lowest BCUT2D eigenvalue weighted by molar-refractivity contribution is 0.0590. The molecule has 0 aliphatic rings. The smallest absolute Gasteiger partial charge is 0.358 e. The quantitative estimate of drug-likeness (QED) is 0.620. The van der Waals surface area contributed by atoms with Crippen LogP contribution >= 0.6 is 11.3 Å². The van der Waals surface area contributed by atoms with Crippen molar-refractivity contribution in [2.24, 2.45) is 0 Å². The van der Waals surface area contributed by atoms with Crippen LogP contribution in [0.3, 0.4) is 0 Å². The van der Waals surface area contributed by atoms with E-state index in [0.29, 0.717) is 6.54 Å². The number of ether oxygens (including phenoxy) is 1. The van der Waals surface area contributed by atoms with E-state index in [9.17, 15) is 13.2 Å². The highest BCUT2D eigenvalue weighted by Crippen LogP contribution is 2.20. The molecule has 1 N–H and O–H groups in total. The van der Waals surface area contributed by atoms with E-state index in [1.807, 2.05) is 6.92 Å². The lowest BCUT2D eigenvalue weighted by Crippen LogP contribution is -2.25. The molecule has 17 heavy (non-hydrogen) atoms. The minimum absolute atomic E-state index is 0.0968. The van der Waals surface area contributed by atoms with Crippen molar-refractivity contribution >= 4 is 27.3 Å². The summed E-state index contributed by atoms with van der Waals surface area (Å²) < 4.78 is 30.5. The van der Waals surface area contributed by atoms with E-state index < -0.39 is 16.0 Å². The molecule has 0 radical (unpaired) electrons.